The average Bonchev–Trinajstić information content (AvgIpc) is 3.36. The predicted molar refractivity (Wildman–Crippen MR) is 94.7 cm³/mol. The van der Waals surface area contributed by atoms with Crippen molar-refractivity contribution in [1.82, 2.24) is 30.3 Å². The number of fused-ring (bicyclic) bond motifs is 1. The number of imidazole rings is 1. The standard InChI is InChI=1S/C18H24N6O3/c1-10(2)16(26)24-7-12-4-13(22-15(25)14-6-19-9-20-14)5-18(12,8-24)17-21-11(3)23-27-17/h6,9-10,12-13H,4-5,7-8H2,1-3H3,(H,19,20)(H,22,25)/t12-,13+,18-/m0/s1. The fourth-order valence-corrected chi connectivity index (χ4v) is 4.49. The molecule has 2 aromatic heterocycles. The number of aromatic amines is 1. The second-order valence-electron chi connectivity index (χ2n) is 7.95. The van der Waals surface area contributed by atoms with E-state index in [9.17, 15) is 9.59 Å². The summed E-state index contributed by atoms with van der Waals surface area (Å²) in [6, 6.07) is -0.0192. The smallest absolute Gasteiger partial charge is 0.269 e. The molecular weight excluding hydrogens is 348 g/mol. The van der Waals surface area contributed by atoms with E-state index in [0.29, 0.717) is 36.9 Å². The summed E-state index contributed by atoms with van der Waals surface area (Å²) in [7, 11) is 0. The Kier molecular flexibility index (Phi) is 4.24. The summed E-state index contributed by atoms with van der Waals surface area (Å²) in [5, 5.41) is 7.03. The maximum Gasteiger partial charge on any atom is 0.269 e. The van der Waals surface area contributed by atoms with Crippen LogP contribution >= 0.6 is 0 Å². The molecule has 2 fully saturated rings. The van der Waals surface area contributed by atoms with E-state index in [2.05, 4.69) is 25.4 Å². The van der Waals surface area contributed by atoms with Crippen LogP contribution in [0.25, 0.3) is 0 Å². The molecule has 0 unspecified atom stereocenters. The van der Waals surface area contributed by atoms with E-state index in [1.54, 1.807) is 6.92 Å². The van der Waals surface area contributed by atoms with E-state index in [1.165, 1.54) is 12.5 Å². The molecule has 2 N–H and O–H groups in total. The van der Waals surface area contributed by atoms with Crippen molar-refractivity contribution in [3.05, 3.63) is 29.9 Å². The second-order valence-corrected chi connectivity index (χ2v) is 7.95. The van der Waals surface area contributed by atoms with Gasteiger partial charge in [0.25, 0.3) is 5.91 Å². The van der Waals surface area contributed by atoms with Gasteiger partial charge in [-0.1, -0.05) is 19.0 Å². The van der Waals surface area contributed by atoms with Crippen molar-refractivity contribution in [2.75, 3.05) is 13.1 Å². The third kappa shape index (κ3) is 3.00. The molecule has 0 bridgehead atoms. The van der Waals surface area contributed by atoms with Crippen molar-refractivity contribution < 1.29 is 14.1 Å². The normalized spacial score (nSPS) is 27.2. The number of amides is 2. The summed E-state index contributed by atoms with van der Waals surface area (Å²) in [5.74, 6) is 1.23. The molecule has 2 amide bonds. The summed E-state index contributed by atoms with van der Waals surface area (Å²) in [4.78, 5) is 38.0. The van der Waals surface area contributed by atoms with Crippen molar-refractivity contribution in [2.24, 2.45) is 11.8 Å². The molecule has 144 valence electrons. The Morgan fingerprint density at radius 1 is 1.44 bits per heavy atom. The number of rotatable bonds is 4. The fourth-order valence-electron chi connectivity index (χ4n) is 4.49. The quantitative estimate of drug-likeness (QED) is 0.828. The first-order valence-electron chi connectivity index (χ1n) is 9.28. The van der Waals surface area contributed by atoms with E-state index in [1.807, 2.05) is 18.7 Å². The second kappa shape index (κ2) is 6.47. The fraction of sp³-hybridized carbons (Fsp3) is 0.611. The maximum atomic E-state index is 12.5. The Morgan fingerprint density at radius 3 is 2.89 bits per heavy atom. The Morgan fingerprint density at radius 2 is 2.26 bits per heavy atom. The molecule has 2 aliphatic rings. The Labute approximate surface area is 156 Å². The van der Waals surface area contributed by atoms with Gasteiger partial charge in [0.1, 0.15) is 5.69 Å². The summed E-state index contributed by atoms with van der Waals surface area (Å²) < 4.78 is 5.54. The zero-order valence-corrected chi connectivity index (χ0v) is 15.7. The van der Waals surface area contributed by atoms with Gasteiger partial charge in [0.05, 0.1) is 17.9 Å². The number of carbonyl (C=O) groups is 2. The van der Waals surface area contributed by atoms with E-state index in [0.717, 1.165) is 6.42 Å². The Bertz CT molecular complexity index is 845. The van der Waals surface area contributed by atoms with Crippen LogP contribution in [-0.2, 0) is 10.2 Å². The van der Waals surface area contributed by atoms with Crippen LogP contribution in [0.2, 0.25) is 0 Å². The van der Waals surface area contributed by atoms with Gasteiger partial charge in [-0.05, 0) is 25.7 Å². The van der Waals surface area contributed by atoms with Crippen molar-refractivity contribution in [3.8, 4) is 0 Å². The minimum Gasteiger partial charge on any atom is -0.348 e. The summed E-state index contributed by atoms with van der Waals surface area (Å²) in [5.41, 5.74) is 0.0314. The van der Waals surface area contributed by atoms with Crippen molar-refractivity contribution in [1.29, 1.82) is 0 Å². The van der Waals surface area contributed by atoms with Crippen molar-refractivity contribution in [2.45, 2.75) is 45.1 Å². The highest BCUT2D eigenvalue weighted by atomic mass is 16.5. The lowest BCUT2D eigenvalue weighted by atomic mass is 9.80. The van der Waals surface area contributed by atoms with Crippen molar-refractivity contribution >= 4 is 11.8 Å². The molecule has 9 nitrogen and oxygen atoms in total. The molecule has 1 aliphatic carbocycles. The molecule has 0 radical (unpaired) electrons. The van der Waals surface area contributed by atoms with Gasteiger partial charge in [0, 0.05) is 25.0 Å². The zero-order valence-electron chi connectivity index (χ0n) is 15.7. The minimum atomic E-state index is -0.405. The number of aryl methyl sites for hydroxylation is 1. The van der Waals surface area contributed by atoms with E-state index in [-0.39, 0.29) is 29.7 Å². The van der Waals surface area contributed by atoms with Crippen LogP contribution < -0.4 is 5.32 Å². The van der Waals surface area contributed by atoms with Crippen LogP contribution in [0.15, 0.2) is 17.0 Å². The van der Waals surface area contributed by atoms with Crippen LogP contribution in [0.1, 0.15) is 48.9 Å². The van der Waals surface area contributed by atoms with E-state index >= 15 is 0 Å². The van der Waals surface area contributed by atoms with Gasteiger partial charge in [-0.2, -0.15) is 4.98 Å². The molecule has 27 heavy (non-hydrogen) atoms. The molecule has 0 spiro atoms. The van der Waals surface area contributed by atoms with Crippen LogP contribution in [0, 0.1) is 18.8 Å². The number of aromatic nitrogens is 4. The SMILES string of the molecule is Cc1noc([C@]23C[C@H](NC(=O)c4cnc[nH]4)C[C@H]2CN(C(=O)C(C)C)C3)n1. The molecule has 1 aliphatic heterocycles. The first-order chi connectivity index (χ1) is 12.9. The third-order valence-corrected chi connectivity index (χ3v) is 5.71. The monoisotopic (exact) mass is 372 g/mol. The molecule has 1 saturated heterocycles. The molecular formula is C18H24N6O3. The largest absolute Gasteiger partial charge is 0.348 e. The predicted octanol–water partition coefficient (Wildman–Crippen LogP) is 1.05. The number of likely N-dealkylation sites (tertiary alicyclic amines) is 1. The van der Waals surface area contributed by atoms with Crippen LogP contribution in [-0.4, -0.2) is 56.0 Å². The van der Waals surface area contributed by atoms with E-state index < -0.39 is 5.41 Å². The van der Waals surface area contributed by atoms with E-state index in [4.69, 9.17) is 4.52 Å². The third-order valence-electron chi connectivity index (χ3n) is 5.71. The first-order valence-corrected chi connectivity index (χ1v) is 9.28. The summed E-state index contributed by atoms with van der Waals surface area (Å²) >= 11 is 0. The highest BCUT2D eigenvalue weighted by molar-refractivity contribution is 5.92. The summed E-state index contributed by atoms with van der Waals surface area (Å²) in [6.07, 6.45) is 4.42. The lowest BCUT2D eigenvalue weighted by Crippen LogP contribution is -2.40. The summed E-state index contributed by atoms with van der Waals surface area (Å²) in [6.45, 7) is 6.81. The lowest BCUT2D eigenvalue weighted by molar-refractivity contribution is -0.133. The molecule has 3 heterocycles. The number of hydrogen-bond donors (Lipinski definition) is 2. The van der Waals surface area contributed by atoms with Crippen molar-refractivity contribution in [3.63, 3.8) is 0 Å². The highest BCUT2D eigenvalue weighted by Gasteiger charge is 2.58. The molecule has 9 heteroatoms. The van der Waals surface area contributed by atoms with Gasteiger partial charge in [-0.15, -0.1) is 0 Å². The van der Waals surface area contributed by atoms with Crippen LogP contribution in [0.3, 0.4) is 0 Å². The molecule has 2 aromatic rings. The molecule has 3 atom stereocenters. The first kappa shape index (κ1) is 17.7. The molecule has 4 rings (SSSR count). The van der Waals surface area contributed by atoms with Crippen LogP contribution in [0.5, 0.6) is 0 Å². The number of H-pyrrole nitrogens is 1. The Balaban J connectivity index is 1.57. The van der Waals surface area contributed by atoms with Gasteiger partial charge in [0.2, 0.25) is 11.8 Å². The van der Waals surface area contributed by atoms with Gasteiger partial charge in [-0.25, -0.2) is 4.98 Å². The van der Waals surface area contributed by atoms with Gasteiger partial charge >= 0.3 is 0 Å². The number of hydrogen-bond acceptors (Lipinski definition) is 6. The number of carbonyl (C=O) groups excluding carboxylic acids is 2. The minimum absolute atomic E-state index is 0.0192. The number of nitrogens with one attached hydrogen (secondary N) is 2. The topological polar surface area (TPSA) is 117 Å². The van der Waals surface area contributed by atoms with Crippen LogP contribution in [0.4, 0.5) is 0 Å². The molecule has 0 aromatic carbocycles. The molecule has 1 saturated carbocycles. The highest BCUT2D eigenvalue weighted by Crippen LogP contribution is 2.50. The van der Waals surface area contributed by atoms with Gasteiger partial charge < -0.3 is 19.7 Å². The Hall–Kier alpha value is -2.71. The number of nitrogens with zero attached hydrogens (tertiary/aromatic N) is 4. The average molecular weight is 372 g/mol. The zero-order chi connectivity index (χ0) is 19.2. The maximum absolute atomic E-state index is 12.5. The van der Waals surface area contributed by atoms with Gasteiger partial charge in [-0.3, -0.25) is 9.59 Å². The lowest BCUT2D eigenvalue weighted by Gasteiger charge is -2.26. The van der Waals surface area contributed by atoms with Gasteiger partial charge in [0.15, 0.2) is 5.82 Å².